The van der Waals surface area contributed by atoms with Crippen molar-refractivity contribution in [2.75, 3.05) is 6.61 Å². The molecule has 1 aliphatic carbocycles. The van der Waals surface area contributed by atoms with E-state index in [9.17, 15) is 18.4 Å². The lowest BCUT2D eigenvalue weighted by Crippen LogP contribution is -2.48. The van der Waals surface area contributed by atoms with Gasteiger partial charge in [0.05, 0.1) is 11.6 Å². The number of carbonyl (C=O) groups excluding carboxylic acids is 2. The van der Waals surface area contributed by atoms with Crippen molar-refractivity contribution in [1.29, 1.82) is 5.26 Å². The number of hydrogen-bond donors (Lipinski definition) is 1. The van der Waals surface area contributed by atoms with Gasteiger partial charge in [0.1, 0.15) is 17.2 Å². The van der Waals surface area contributed by atoms with Gasteiger partial charge in [-0.1, -0.05) is 0 Å². The van der Waals surface area contributed by atoms with Crippen molar-refractivity contribution in [3.8, 4) is 6.07 Å². The lowest BCUT2D eigenvalue weighted by Gasteiger charge is -2.22. The molecule has 0 unspecified atom stereocenters. The molecule has 116 valence electrons. The number of amides is 1. The number of benzene rings is 1. The molecule has 0 aliphatic heterocycles. The van der Waals surface area contributed by atoms with Crippen LogP contribution < -0.4 is 5.32 Å². The van der Waals surface area contributed by atoms with Gasteiger partial charge in [-0.25, -0.2) is 13.6 Å². The third kappa shape index (κ3) is 3.58. The van der Waals surface area contributed by atoms with Gasteiger partial charge >= 0.3 is 5.97 Å². The topological polar surface area (TPSA) is 79.2 Å². The van der Waals surface area contributed by atoms with E-state index < -0.39 is 41.2 Å². The number of hydrogen-bond acceptors (Lipinski definition) is 4. The Labute approximate surface area is 125 Å². The highest BCUT2D eigenvalue weighted by atomic mass is 19.1. The molecule has 0 saturated heterocycles. The molecule has 0 spiro atoms. The maximum atomic E-state index is 13.4. The fourth-order valence-electron chi connectivity index (χ4n) is 2.07. The molecule has 22 heavy (non-hydrogen) atoms. The summed E-state index contributed by atoms with van der Waals surface area (Å²) in [5.41, 5.74) is -1.45. The van der Waals surface area contributed by atoms with Gasteiger partial charge < -0.3 is 10.1 Å². The predicted molar refractivity (Wildman–Crippen MR) is 71.5 cm³/mol. The van der Waals surface area contributed by atoms with Crippen LogP contribution in [0.3, 0.4) is 0 Å². The second-order valence-electron chi connectivity index (χ2n) is 5.34. The van der Waals surface area contributed by atoms with E-state index >= 15 is 0 Å². The van der Waals surface area contributed by atoms with E-state index in [-0.39, 0.29) is 5.92 Å². The Bertz CT molecular complexity index is 653. The number of rotatable bonds is 5. The second kappa shape index (κ2) is 6.10. The van der Waals surface area contributed by atoms with Crippen molar-refractivity contribution < 1.29 is 23.1 Å². The summed E-state index contributed by atoms with van der Waals surface area (Å²) in [5, 5.41) is 11.6. The Morgan fingerprint density at radius 2 is 2.14 bits per heavy atom. The van der Waals surface area contributed by atoms with Gasteiger partial charge in [0.2, 0.25) is 0 Å². The zero-order chi connectivity index (χ0) is 16.3. The van der Waals surface area contributed by atoms with Gasteiger partial charge in [-0.3, -0.25) is 4.79 Å². The molecule has 1 fully saturated rings. The van der Waals surface area contributed by atoms with E-state index in [2.05, 4.69) is 10.1 Å². The molecular formula is C15H14F2N2O3. The van der Waals surface area contributed by atoms with Crippen LogP contribution in [0.2, 0.25) is 0 Å². The highest BCUT2D eigenvalue weighted by Gasteiger charge is 2.43. The first-order chi connectivity index (χ1) is 10.4. The lowest BCUT2D eigenvalue weighted by atomic mass is 9.98. The van der Waals surface area contributed by atoms with Crippen molar-refractivity contribution in [3.05, 3.63) is 35.4 Å². The van der Waals surface area contributed by atoms with E-state index in [1.54, 1.807) is 6.92 Å². The van der Waals surface area contributed by atoms with Gasteiger partial charge in [-0.15, -0.1) is 0 Å². The molecule has 0 aromatic heterocycles. The molecule has 0 bridgehead atoms. The normalized spacial score (nSPS) is 16.3. The summed E-state index contributed by atoms with van der Waals surface area (Å²) in [7, 11) is 0. The van der Waals surface area contributed by atoms with Crippen molar-refractivity contribution >= 4 is 11.9 Å². The maximum Gasteiger partial charge on any atom is 0.341 e. The summed E-state index contributed by atoms with van der Waals surface area (Å²) in [6.45, 7) is 0.962. The number of nitriles is 1. The first-order valence-corrected chi connectivity index (χ1v) is 6.70. The predicted octanol–water partition coefficient (Wildman–Crippen LogP) is 1.93. The summed E-state index contributed by atoms with van der Waals surface area (Å²) < 4.78 is 30.8. The van der Waals surface area contributed by atoms with E-state index in [1.165, 1.54) is 0 Å². The number of carbonyl (C=O) groups is 2. The van der Waals surface area contributed by atoms with Crippen LogP contribution in [0.15, 0.2) is 18.2 Å². The minimum absolute atomic E-state index is 0.0895. The molecule has 1 N–H and O–H groups in total. The summed E-state index contributed by atoms with van der Waals surface area (Å²) in [6, 6.07) is 4.44. The third-order valence-electron chi connectivity index (χ3n) is 3.51. The van der Waals surface area contributed by atoms with Gasteiger partial charge in [-0.2, -0.15) is 5.26 Å². The smallest absolute Gasteiger partial charge is 0.341 e. The van der Waals surface area contributed by atoms with Crippen LogP contribution in [0.1, 0.15) is 30.1 Å². The lowest BCUT2D eigenvalue weighted by molar-refractivity contribution is -0.125. The minimum atomic E-state index is -1.07. The van der Waals surface area contributed by atoms with Gasteiger partial charge in [-0.05, 0) is 37.8 Å². The Morgan fingerprint density at radius 3 is 2.68 bits per heavy atom. The molecule has 0 radical (unpaired) electrons. The van der Waals surface area contributed by atoms with Crippen LogP contribution in [0.5, 0.6) is 0 Å². The summed E-state index contributed by atoms with van der Waals surface area (Å²) >= 11 is 0. The molecule has 1 aromatic rings. The van der Waals surface area contributed by atoms with E-state index in [1.807, 2.05) is 6.07 Å². The van der Waals surface area contributed by atoms with Gasteiger partial charge in [0.15, 0.2) is 6.61 Å². The molecule has 7 heteroatoms. The van der Waals surface area contributed by atoms with Crippen LogP contribution in [0.4, 0.5) is 8.78 Å². The van der Waals surface area contributed by atoms with Crippen LogP contribution in [-0.2, 0) is 9.53 Å². The van der Waals surface area contributed by atoms with Crippen molar-refractivity contribution in [3.63, 3.8) is 0 Å². The number of nitrogens with one attached hydrogen (secondary N) is 1. The Balaban J connectivity index is 1.91. The van der Waals surface area contributed by atoms with Crippen molar-refractivity contribution in [1.82, 2.24) is 5.32 Å². The molecular weight excluding hydrogens is 294 g/mol. The average molecular weight is 308 g/mol. The molecule has 1 aromatic carbocycles. The van der Waals surface area contributed by atoms with Gasteiger partial charge in [0, 0.05) is 6.07 Å². The zero-order valence-electron chi connectivity index (χ0n) is 11.9. The quantitative estimate of drug-likeness (QED) is 0.843. The minimum Gasteiger partial charge on any atom is -0.452 e. The number of nitrogens with zero attached hydrogens (tertiary/aromatic N) is 1. The molecule has 0 heterocycles. The van der Waals surface area contributed by atoms with E-state index in [4.69, 9.17) is 5.26 Å². The van der Waals surface area contributed by atoms with E-state index in [0.29, 0.717) is 6.07 Å². The molecule has 1 saturated carbocycles. The standard InChI is InChI=1S/C15H14F2N2O3/c1-15(8-18,9-2-3-9)19-13(20)7-22-14(21)11-5-4-10(16)6-12(11)17/h4-6,9H,2-3,7H2,1H3,(H,19,20)/t15-/m0/s1. The second-order valence-corrected chi connectivity index (χ2v) is 5.34. The van der Waals surface area contributed by atoms with Crippen LogP contribution in [-0.4, -0.2) is 24.0 Å². The highest BCUT2D eigenvalue weighted by molar-refractivity contribution is 5.91. The monoisotopic (exact) mass is 308 g/mol. The highest BCUT2D eigenvalue weighted by Crippen LogP contribution is 2.39. The molecule has 1 amide bonds. The fraction of sp³-hybridized carbons (Fsp3) is 0.400. The first-order valence-electron chi connectivity index (χ1n) is 6.70. The van der Waals surface area contributed by atoms with Gasteiger partial charge in [0.25, 0.3) is 5.91 Å². The average Bonchev–Trinajstić information content (AvgIpc) is 3.29. The SMILES string of the molecule is C[C@@](C#N)(NC(=O)COC(=O)c1ccc(F)cc1F)C1CC1. The Kier molecular flexibility index (Phi) is 4.40. The van der Waals surface area contributed by atoms with Crippen molar-refractivity contribution in [2.24, 2.45) is 5.92 Å². The van der Waals surface area contributed by atoms with Crippen LogP contribution in [0, 0.1) is 28.9 Å². The number of halogens is 2. The molecule has 1 atom stereocenters. The Morgan fingerprint density at radius 1 is 1.45 bits per heavy atom. The van der Waals surface area contributed by atoms with Crippen LogP contribution in [0.25, 0.3) is 0 Å². The van der Waals surface area contributed by atoms with Crippen molar-refractivity contribution in [2.45, 2.75) is 25.3 Å². The Hall–Kier alpha value is -2.49. The van der Waals surface area contributed by atoms with Crippen LogP contribution >= 0.6 is 0 Å². The number of ether oxygens (including phenoxy) is 1. The molecule has 1 aliphatic rings. The van der Waals surface area contributed by atoms with E-state index in [0.717, 1.165) is 25.0 Å². The third-order valence-corrected chi connectivity index (χ3v) is 3.51. The maximum absolute atomic E-state index is 13.4. The first kappa shape index (κ1) is 15.9. The molecule has 2 rings (SSSR count). The fourth-order valence-corrected chi connectivity index (χ4v) is 2.07. The summed E-state index contributed by atoms with van der Waals surface area (Å²) in [4.78, 5) is 23.4. The number of esters is 1. The molecule has 5 nitrogen and oxygen atoms in total. The largest absolute Gasteiger partial charge is 0.452 e. The zero-order valence-corrected chi connectivity index (χ0v) is 11.9. The summed E-state index contributed by atoms with van der Waals surface area (Å²) in [5.74, 6) is -3.51. The summed E-state index contributed by atoms with van der Waals surface area (Å²) in [6.07, 6.45) is 1.70.